The zero-order valence-corrected chi connectivity index (χ0v) is 19.7. The lowest BCUT2D eigenvalue weighted by molar-refractivity contribution is 0.0566. The summed E-state index contributed by atoms with van der Waals surface area (Å²) in [5.74, 6) is 0. The lowest BCUT2D eigenvalue weighted by Gasteiger charge is -2.12. The van der Waals surface area contributed by atoms with Crippen molar-refractivity contribution in [2.24, 2.45) is 0 Å². The molecule has 2 heteroatoms. The van der Waals surface area contributed by atoms with Gasteiger partial charge in [-0.25, -0.2) is 4.98 Å². The van der Waals surface area contributed by atoms with Crippen molar-refractivity contribution in [2.45, 2.75) is 64.9 Å². The van der Waals surface area contributed by atoms with Gasteiger partial charge in [0.25, 0.3) is 0 Å². The summed E-state index contributed by atoms with van der Waals surface area (Å²) in [6.45, 7) is 9.14. The first-order valence-corrected chi connectivity index (χ1v) is 12.1. The highest BCUT2D eigenvalue weighted by molar-refractivity contribution is 5.82. The van der Waals surface area contributed by atoms with Crippen LogP contribution in [0, 0.1) is 0 Å². The van der Waals surface area contributed by atoms with Crippen molar-refractivity contribution in [1.29, 1.82) is 0 Å². The van der Waals surface area contributed by atoms with E-state index in [-0.39, 0.29) is 0 Å². The molecule has 0 fully saturated rings. The Morgan fingerprint density at radius 1 is 1.00 bits per heavy atom. The average Bonchev–Trinajstić information content (AvgIpc) is 2.82. The zero-order valence-electron chi connectivity index (χ0n) is 19.7. The molecule has 0 spiro atoms. The Bertz CT molecular complexity index is 1000. The van der Waals surface area contributed by atoms with Crippen molar-refractivity contribution in [1.82, 2.24) is 4.98 Å². The van der Waals surface area contributed by atoms with Gasteiger partial charge < -0.3 is 4.74 Å². The molecule has 0 aliphatic rings. The van der Waals surface area contributed by atoms with Crippen molar-refractivity contribution in [3.05, 3.63) is 84.5 Å². The first-order valence-electron chi connectivity index (χ1n) is 12.1. The Morgan fingerprint density at radius 3 is 2.62 bits per heavy atom. The van der Waals surface area contributed by atoms with E-state index in [1.165, 1.54) is 42.2 Å². The third kappa shape index (κ3) is 7.46. The van der Waals surface area contributed by atoms with E-state index in [0.717, 1.165) is 42.6 Å². The minimum absolute atomic E-state index is 0.363. The normalized spacial score (nSPS) is 12.4. The molecule has 3 rings (SSSR count). The Kier molecular flexibility index (Phi) is 9.71. The van der Waals surface area contributed by atoms with Crippen molar-refractivity contribution >= 4 is 17.0 Å². The fourth-order valence-electron chi connectivity index (χ4n) is 3.86. The first-order chi connectivity index (χ1) is 15.7. The number of benzene rings is 2. The molecule has 1 unspecified atom stereocenters. The minimum Gasteiger partial charge on any atom is -0.379 e. The van der Waals surface area contributed by atoms with Gasteiger partial charge in [0.2, 0.25) is 0 Å². The lowest BCUT2D eigenvalue weighted by Crippen LogP contribution is -2.08. The third-order valence-corrected chi connectivity index (χ3v) is 5.78. The average molecular weight is 428 g/mol. The van der Waals surface area contributed by atoms with E-state index in [1.54, 1.807) is 0 Å². The highest BCUT2D eigenvalue weighted by Gasteiger charge is 2.03. The molecule has 0 saturated heterocycles. The van der Waals surface area contributed by atoms with Crippen LogP contribution in [0.25, 0.3) is 28.2 Å². The van der Waals surface area contributed by atoms with Gasteiger partial charge in [0.05, 0.1) is 17.3 Å². The van der Waals surface area contributed by atoms with E-state index >= 15 is 0 Å². The molecule has 0 aliphatic carbocycles. The molecule has 1 heterocycles. The minimum atomic E-state index is 0.363. The fraction of sp³-hybridized carbons (Fsp3) is 0.367. The molecule has 0 N–H and O–H groups in total. The summed E-state index contributed by atoms with van der Waals surface area (Å²) in [6, 6.07) is 19.4. The van der Waals surface area contributed by atoms with Crippen LogP contribution < -0.4 is 0 Å². The summed E-state index contributed by atoms with van der Waals surface area (Å²) in [5.41, 5.74) is 5.69. The van der Waals surface area contributed by atoms with Gasteiger partial charge in [0.15, 0.2) is 0 Å². The van der Waals surface area contributed by atoms with Crippen LogP contribution in [0.4, 0.5) is 0 Å². The lowest BCUT2D eigenvalue weighted by atomic mass is 10.0. The number of hydrogen-bond acceptors (Lipinski definition) is 2. The van der Waals surface area contributed by atoms with Crippen LogP contribution in [0.15, 0.2) is 73.3 Å². The molecule has 2 nitrogen and oxygen atoms in total. The van der Waals surface area contributed by atoms with Crippen molar-refractivity contribution < 1.29 is 4.74 Å². The number of aromatic nitrogens is 1. The summed E-state index contributed by atoms with van der Waals surface area (Å²) in [5, 5.41) is 1.17. The van der Waals surface area contributed by atoms with Crippen molar-refractivity contribution in [2.75, 3.05) is 6.61 Å². The Morgan fingerprint density at radius 2 is 1.84 bits per heavy atom. The molecule has 3 aromatic rings. The van der Waals surface area contributed by atoms with Gasteiger partial charge in [-0.3, -0.25) is 0 Å². The summed E-state index contributed by atoms with van der Waals surface area (Å²) < 4.78 is 5.87. The van der Waals surface area contributed by atoms with Crippen molar-refractivity contribution in [3.63, 3.8) is 0 Å². The summed E-state index contributed by atoms with van der Waals surface area (Å²) in [4.78, 5) is 4.86. The van der Waals surface area contributed by atoms with Crippen LogP contribution in [0.1, 0.15) is 63.5 Å². The largest absolute Gasteiger partial charge is 0.379 e. The van der Waals surface area contributed by atoms with Crippen LogP contribution in [-0.2, 0) is 11.2 Å². The highest BCUT2D eigenvalue weighted by atomic mass is 16.5. The van der Waals surface area contributed by atoms with Crippen LogP contribution in [0.3, 0.4) is 0 Å². The van der Waals surface area contributed by atoms with E-state index in [2.05, 4.69) is 87.2 Å². The second-order valence-corrected chi connectivity index (χ2v) is 8.56. The van der Waals surface area contributed by atoms with E-state index in [0.29, 0.717) is 6.10 Å². The second-order valence-electron chi connectivity index (χ2n) is 8.56. The molecule has 0 radical (unpaired) electrons. The molecule has 1 atom stereocenters. The van der Waals surface area contributed by atoms with Crippen LogP contribution >= 0.6 is 0 Å². The van der Waals surface area contributed by atoms with E-state index in [9.17, 15) is 0 Å². The fourth-order valence-corrected chi connectivity index (χ4v) is 3.86. The van der Waals surface area contributed by atoms with E-state index in [1.807, 2.05) is 6.08 Å². The van der Waals surface area contributed by atoms with Gasteiger partial charge in [-0.15, -0.1) is 6.58 Å². The maximum absolute atomic E-state index is 5.87. The van der Waals surface area contributed by atoms with Gasteiger partial charge in [-0.05, 0) is 68.4 Å². The molecule has 168 valence electrons. The molecule has 0 bridgehead atoms. The van der Waals surface area contributed by atoms with Gasteiger partial charge in [-0.1, -0.05) is 74.4 Å². The molecule has 0 amide bonds. The Hall–Kier alpha value is -2.71. The number of ether oxygens (including phenoxy) is 1. The molecule has 1 aromatic heterocycles. The molecule has 32 heavy (non-hydrogen) atoms. The molecule has 0 aliphatic heterocycles. The number of allylic oxidation sites excluding steroid dienone is 2. The number of unbranched alkanes of at least 4 members (excludes halogenated alkanes) is 3. The third-order valence-electron chi connectivity index (χ3n) is 5.78. The molecule has 0 saturated carbocycles. The van der Waals surface area contributed by atoms with Gasteiger partial charge in [0.1, 0.15) is 0 Å². The smallest absolute Gasteiger partial charge is 0.0709 e. The summed E-state index contributed by atoms with van der Waals surface area (Å²) in [6.07, 6.45) is 14.7. The number of pyridine rings is 1. The number of fused-ring (bicyclic) bond motifs is 1. The van der Waals surface area contributed by atoms with E-state index in [4.69, 9.17) is 9.72 Å². The zero-order chi connectivity index (χ0) is 22.6. The predicted molar refractivity (Wildman–Crippen MR) is 139 cm³/mol. The predicted octanol–water partition coefficient (Wildman–Crippen LogP) is 8.41. The number of rotatable bonds is 13. The Balaban J connectivity index is 1.49. The van der Waals surface area contributed by atoms with Crippen LogP contribution in [0.2, 0.25) is 0 Å². The highest BCUT2D eigenvalue weighted by Crippen LogP contribution is 2.23. The van der Waals surface area contributed by atoms with Gasteiger partial charge in [0, 0.05) is 17.6 Å². The standard InChI is InChI=1S/C30H37NO/c1-4-6-10-22-32-24(3)12-8-7-9-13-25-14-17-27(18-15-25)29-21-19-28-23-26(11-5-2)16-20-30(28)31-29/h5,9,13-21,23-24H,2,4,6-8,10-12,22H2,1,3H3/b13-9+. The molecular weight excluding hydrogens is 390 g/mol. The first kappa shape index (κ1) is 23.9. The SMILES string of the molecule is C=CCc1ccc2nc(-c3ccc(/C=C/CCCC(C)OCCCCC)cc3)ccc2c1. The monoisotopic (exact) mass is 427 g/mol. The number of hydrogen-bond donors (Lipinski definition) is 0. The van der Waals surface area contributed by atoms with Crippen LogP contribution in [0.5, 0.6) is 0 Å². The molecular formula is C30H37NO. The number of nitrogens with zero attached hydrogens (tertiary/aromatic N) is 1. The maximum Gasteiger partial charge on any atom is 0.0709 e. The topological polar surface area (TPSA) is 22.1 Å². The van der Waals surface area contributed by atoms with Gasteiger partial charge in [-0.2, -0.15) is 0 Å². The van der Waals surface area contributed by atoms with Crippen LogP contribution in [-0.4, -0.2) is 17.7 Å². The second kappa shape index (κ2) is 13.0. The maximum atomic E-state index is 5.87. The summed E-state index contributed by atoms with van der Waals surface area (Å²) >= 11 is 0. The summed E-state index contributed by atoms with van der Waals surface area (Å²) in [7, 11) is 0. The molecule has 2 aromatic carbocycles. The Labute approximate surface area is 194 Å². The van der Waals surface area contributed by atoms with Crippen molar-refractivity contribution in [3.8, 4) is 11.3 Å². The quantitative estimate of drug-likeness (QED) is 0.202. The van der Waals surface area contributed by atoms with Gasteiger partial charge >= 0.3 is 0 Å². The van der Waals surface area contributed by atoms with E-state index < -0.39 is 0 Å².